The lowest BCUT2D eigenvalue weighted by atomic mass is 9.82. The number of anilines is 1. The molecule has 1 aromatic carbocycles. The zero-order valence-electron chi connectivity index (χ0n) is 14.0. The molecule has 5 nitrogen and oxygen atoms in total. The summed E-state index contributed by atoms with van der Waals surface area (Å²) in [5.74, 6) is 0.773. The van der Waals surface area contributed by atoms with Crippen molar-refractivity contribution in [3.8, 4) is 0 Å². The third-order valence-electron chi connectivity index (χ3n) is 5.17. The van der Waals surface area contributed by atoms with Crippen molar-refractivity contribution < 1.29 is 14.7 Å². The van der Waals surface area contributed by atoms with E-state index < -0.39 is 0 Å². The Morgan fingerprint density at radius 2 is 1.75 bits per heavy atom. The van der Waals surface area contributed by atoms with Crippen LogP contribution in [0.5, 0.6) is 0 Å². The maximum atomic E-state index is 12.4. The topological polar surface area (TPSA) is 69.6 Å². The van der Waals surface area contributed by atoms with Crippen LogP contribution in [0.25, 0.3) is 0 Å². The summed E-state index contributed by atoms with van der Waals surface area (Å²) in [5.41, 5.74) is 1.36. The van der Waals surface area contributed by atoms with E-state index in [0.29, 0.717) is 37.9 Å². The van der Waals surface area contributed by atoms with Gasteiger partial charge in [0.15, 0.2) is 0 Å². The Labute approximate surface area is 143 Å². The summed E-state index contributed by atoms with van der Waals surface area (Å²) in [6, 6.07) is 7.09. The largest absolute Gasteiger partial charge is 0.393 e. The van der Waals surface area contributed by atoms with Gasteiger partial charge in [-0.3, -0.25) is 9.59 Å². The third kappa shape index (κ3) is 4.35. The summed E-state index contributed by atoms with van der Waals surface area (Å²) in [4.78, 5) is 26.1. The Hall–Kier alpha value is -1.88. The smallest absolute Gasteiger partial charge is 0.253 e. The van der Waals surface area contributed by atoms with Gasteiger partial charge in [0.1, 0.15) is 0 Å². The standard InChI is InChI=1S/C19H26N2O3/c22-17-10-12-21(13-11-17)19(24)15-5-7-16(8-6-15)20-18(23)9-4-14-2-1-3-14/h5-8,14,17,22H,1-4,9-13H2,(H,20,23). The molecule has 5 heteroatoms. The number of aliphatic hydroxyl groups excluding tert-OH is 1. The predicted octanol–water partition coefficient (Wildman–Crippen LogP) is 2.80. The van der Waals surface area contributed by atoms with E-state index in [1.54, 1.807) is 29.2 Å². The minimum atomic E-state index is -0.286. The highest BCUT2D eigenvalue weighted by molar-refractivity contribution is 5.95. The number of hydrogen-bond acceptors (Lipinski definition) is 3. The van der Waals surface area contributed by atoms with E-state index >= 15 is 0 Å². The minimum Gasteiger partial charge on any atom is -0.393 e. The van der Waals surface area contributed by atoms with Crippen LogP contribution in [-0.4, -0.2) is 41.0 Å². The molecule has 130 valence electrons. The minimum absolute atomic E-state index is 0.00948. The molecule has 1 saturated carbocycles. The van der Waals surface area contributed by atoms with Gasteiger partial charge in [-0.15, -0.1) is 0 Å². The van der Waals surface area contributed by atoms with Crippen molar-refractivity contribution in [2.45, 2.75) is 51.0 Å². The van der Waals surface area contributed by atoms with E-state index in [-0.39, 0.29) is 17.9 Å². The van der Waals surface area contributed by atoms with Crippen molar-refractivity contribution in [2.75, 3.05) is 18.4 Å². The molecule has 1 saturated heterocycles. The Morgan fingerprint density at radius 3 is 2.33 bits per heavy atom. The van der Waals surface area contributed by atoms with E-state index in [1.165, 1.54) is 19.3 Å². The zero-order valence-corrected chi connectivity index (χ0v) is 14.0. The van der Waals surface area contributed by atoms with Crippen LogP contribution in [0, 0.1) is 5.92 Å². The molecule has 2 fully saturated rings. The van der Waals surface area contributed by atoms with Crippen molar-refractivity contribution in [3.63, 3.8) is 0 Å². The van der Waals surface area contributed by atoms with Gasteiger partial charge in [0.25, 0.3) is 5.91 Å². The molecular formula is C19H26N2O3. The second-order valence-corrected chi connectivity index (χ2v) is 6.98. The molecule has 3 rings (SSSR count). The van der Waals surface area contributed by atoms with Crippen LogP contribution in [-0.2, 0) is 4.79 Å². The van der Waals surface area contributed by atoms with Gasteiger partial charge in [-0.2, -0.15) is 0 Å². The number of likely N-dealkylation sites (tertiary alicyclic amines) is 1. The lowest BCUT2D eigenvalue weighted by Gasteiger charge is -2.29. The van der Waals surface area contributed by atoms with Gasteiger partial charge < -0.3 is 15.3 Å². The van der Waals surface area contributed by atoms with Gasteiger partial charge in [-0.25, -0.2) is 0 Å². The summed E-state index contributed by atoms with van der Waals surface area (Å²) in [5, 5.41) is 12.4. The van der Waals surface area contributed by atoms with Crippen LogP contribution in [0.3, 0.4) is 0 Å². The van der Waals surface area contributed by atoms with E-state index in [1.807, 2.05) is 0 Å². The highest BCUT2D eigenvalue weighted by atomic mass is 16.3. The van der Waals surface area contributed by atoms with E-state index in [9.17, 15) is 14.7 Å². The quantitative estimate of drug-likeness (QED) is 0.872. The molecule has 1 aromatic rings. The predicted molar refractivity (Wildman–Crippen MR) is 92.8 cm³/mol. The van der Waals surface area contributed by atoms with Gasteiger partial charge in [0, 0.05) is 30.8 Å². The van der Waals surface area contributed by atoms with Crippen LogP contribution in [0.1, 0.15) is 55.3 Å². The highest BCUT2D eigenvalue weighted by Gasteiger charge is 2.22. The van der Waals surface area contributed by atoms with Gasteiger partial charge in [-0.05, 0) is 49.4 Å². The first-order valence-electron chi connectivity index (χ1n) is 8.99. The molecule has 2 amide bonds. The normalized spacial score (nSPS) is 19.0. The molecule has 1 heterocycles. The third-order valence-corrected chi connectivity index (χ3v) is 5.17. The molecule has 1 aliphatic carbocycles. The van der Waals surface area contributed by atoms with Crippen LogP contribution in [0.2, 0.25) is 0 Å². The fourth-order valence-electron chi connectivity index (χ4n) is 3.29. The first-order valence-corrected chi connectivity index (χ1v) is 8.99. The molecule has 0 aromatic heterocycles. The molecule has 0 atom stereocenters. The maximum Gasteiger partial charge on any atom is 0.253 e. The molecule has 0 radical (unpaired) electrons. The van der Waals surface area contributed by atoms with Crippen LogP contribution >= 0.6 is 0 Å². The Morgan fingerprint density at radius 1 is 1.08 bits per heavy atom. The lowest BCUT2D eigenvalue weighted by Crippen LogP contribution is -2.40. The van der Waals surface area contributed by atoms with Crippen molar-refractivity contribution in [1.82, 2.24) is 4.90 Å². The Bertz CT molecular complexity index is 573. The number of rotatable bonds is 5. The summed E-state index contributed by atoms with van der Waals surface area (Å²) in [7, 11) is 0. The SMILES string of the molecule is O=C(CCC1CCC1)Nc1ccc(C(=O)N2CCC(O)CC2)cc1. The number of aliphatic hydroxyl groups is 1. The van der Waals surface area contributed by atoms with Gasteiger partial charge in [0.2, 0.25) is 5.91 Å². The van der Waals surface area contributed by atoms with Gasteiger partial charge in [-0.1, -0.05) is 19.3 Å². The lowest BCUT2D eigenvalue weighted by molar-refractivity contribution is -0.116. The average Bonchev–Trinajstić information content (AvgIpc) is 2.54. The van der Waals surface area contributed by atoms with Crippen molar-refractivity contribution in [2.24, 2.45) is 5.92 Å². The first-order chi connectivity index (χ1) is 11.6. The number of benzene rings is 1. The van der Waals surface area contributed by atoms with Crippen molar-refractivity contribution >= 4 is 17.5 Å². The zero-order chi connectivity index (χ0) is 16.9. The second kappa shape index (κ2) is 7.79. The Balaban J connectivity index is 1.49. The number of piperidine rings is 1. The van der Waals surface area contributed by atoms with Crippen molar-refractivity contribution in [1.29, 1.82) is 0 Å². The molecule has 1 aliphatic heterocycles. The van der Waals surface area contributed by atoms with E-state index in [0.717, 1.165) is 18.0 Å². The monoisotopic (exact) mass is 330 g/mol. The fraction of sp³-hybridized carbons (Fsp3) is 0.579. The number of hydrogen-bond donors (Lipinski definition) is 2. The summed E-state index contributed by atoms with van der Waals surface area (Å²) < 4.78 is 0. The number of amides is 2. The summed E-state index contributed by atoms with van der Waals surface area (Å²) in [6.07, 6.45) is 6.37. The first kappa shape index (κ1) is 17.0. The number of carbonyl (C=O) groups is 2. The molecule has 2 aliphatic rings. The van der Waals surface area contributed by atoms with Gasteiger partial charge >= 0.3 is 0 Å². The fourth-order valence-corrected chi connectivity index (χ4v) is 3.29. The van der Waals surface area contributed by atoms with Crippen LogP contribution < -0.4 is 5.32 Å². The van der Waals surface area contributed by atoms with Gasteiger partial charge in [0.05, 0.1) is 6.10 Å². The van der Waals surface area contributed by atoms with E-state index in [2.05, 4.69) is 5.32 Å². The molecule has 2 N–H and O–H groups in total. The number of nitrogens with zero attached hydrogens (tertiary/aromatic N) is 1. The molecule has 0 spiro atoms. The van der Waals surface area contributed by atoms with Crippen molar-refractivity contribution in [3.05, 3.63) is 29.8 Å². The highest BCUT2D eigenvalue weighted by Crippen LogP contribution is 2.30. The van der Waals surface area contributed by atoms with Crippen LogP contribution in [0.4, 0.5) is 5.69 Å². The average molecular weight is 330 g/mol. The number of nitrogens with one attached hydrogen (secondary N) is 1. The second-order valence-electron chi connectivity index (χ2n) is 6.98. The summed E-state index contributed by atoms with van der Waals surface area (Å²) in [6.45, 7) is 1.19. The summed E-state index contributed by atoms with van der Waals surface area (Å²) >= 11 is 0. The molecular weight excluding hydrogens is 304 g/mol. The van der Waals surface area contributed by atoms with Crippen LogP contribution in [0.15, 0.2) is 24.3 Å². The Kier molecular flexibility index (Phi) is 5.51. The molecule has 0 bridgehead atoms. The maximum absolute atomic E-state index is 12.4. The number of carbonyl (C=O) groups excluding carboxylic acids is 2. The van der Waals surface area contributed by atoms with E-state index in [4.69, 9.17) is 0 Å². The molecule has 24 heavy (non-hydrogen) atoms. The molecule has 0 unspecified atom stereocenters.